The van der Waals surface area contributed by atoms with Crippen molar-refractivity contribution in [2.45, 2.75) is 31.2 Å². The molecule has 1 amide bonds. The van der Waals surface area contributed by atoms with E-state index in [1.54, 1.807) is 25.1 Å². The van der Waals surface area contributed by atoms with Gasteiger partial charge in [0, 0.05) is 10.5 Å². The Labute approximate surface area is 172 Å². The van der Waals surface area contributed by atoms with Crippen LogP contribution in [-0.2, 0) is 19.6 Å². The lowest BCUT2D eigenvalue weighted by atomic mass is 10.2. The summed E-state index contributed by atoms with van der Waals surface area (Å²) < 4.78 is 32.7. The van der Waals surface area contributed by atoms with Crippen molar-refractivity contribution in [3.8, 4) is 0 Å². The lowest BCUT2D eigenvalue weighted by Gasteiger charge is -2.12. The zero-order valence-corrected chi connectivity index (χ0v) is 17.8. The molecule has 1 unspecified atom stereocenters. The molecule has 2 aromatic carbocycles. The Balaban J connectivity index is 1.94. The van der Waals surface area contributed by atoms with Crippen molar-refractivity contribution in [2.75, 3.05) is 11.9 Å². The summed E-state index contributed by atoms with van der Waals surface area (Å²) in [6.45, 7) is 3.18. The van der Waals surface area contributed by atoms with Crippen molar-refractivity contribution >= 4 is 43.5 Å². The van der Waals surface area contributed by atoms with Gasteiger partial charge in [0.2, 0.25) is 10.0 Å². The third-order valence-electron chi connectivity index (χ3n) is 3.85. The number of hydrogen-bond acceptors (Lipinski definition) is 5. The number of esters is 1. The lowest BCUT2D eigenvalue weighted by Crippen LogP contribution is -2.32. The van der Waals surface area contributed by atoms with Gasteiger partial charge in [0.1, 0.15) is 0 Å². The SMILES string of the molecule is CCC(C)NS(=O)(=O)c1ccc(C(=O)OCC(=O)Nc2ccccc2Br)cc1. The first-order chi connectivity index (χ1) is 13.2. The molecule has 0 aliphatic rings. The van der Waals surface area contributed by atoms with E-state index >= 15 is 0 Å². The van der Waals surface area contributed by atoms with Crippen LogP contribution in [0.4, 0.5) is 5.69 Å². The molecule has 0 saturated heterocycles. The molecule has 7 nitrogen and oxygen atoms in total. The Kier molecular flexibility index (Phi) is 7.73. The maximum Gasteiger partial charge on any atom is 0.338 e. The summed E-state index contributed by atoms with van der Waals surface area (Å²) in [6.07, 6.45) is 0.658. The molecular formula is C19H21BrN2O5S. The van der Waals surface area contributed by atoms with Gasteiger partial charge in [-0.25, -0.2) is 17.9 Å². The Bertz CT molecular complexity index is 945. The number of rotatable bonds is 8. The highest BCUT2D eigenvalue weighted by molar-refractivity contribution is 9.10. The number of benzene rings is 2. The van der Waals surface area contributed by atoms with Crippen molar-refractivity contribution in [3.05, 3.63) is 58.6 Å². The van der Waals surface area contributed by atoms with Crippen LogP contribution in [0.5, 0.6) is 0 Å². The van der Waals surface area contributed by atoms with Gasteiger partial charge in [-0.1, -0.05) is 19.1 Å². The highest BCUT2D eigenvalue weighted by Gasteiger charge is 2.18. The molecule has 0 aliphatic carbocycles. The summed E-state index contributed by atoms with van der Waals surface area (Å²) in [5.41, 5.74) is 0.711. The zero-order chi connectivity index (χ0) is 20.7. The predicted molar refractivity (Wildman–Crippen MR) is 110 cm³/mol. The second-order valence-corrected chi connectivity index (χ2v) is 8.63. The number of carbonyl (C=O) groups excluding carboxylic acids is 2. The molecule has 0 heterocycles. The smallest absolute Gasteiger partial charge is 0.338 e. The Morgan fingerprint density at radius 1 is 1.11 bits per heavy atom. The minimum Gasteiger partial charge on any atom is -0.452 e. The van der Waals surface area contributed by atoms with E-state index in [0.717, 1.165) is 0 Å². The maximum absolute atomic E-state index is 12.2. The fourth-order valence-electron chi connectivity index (χ4n) is 2.15. The second kappa shape index (κ2) is 9.81. The van der Waals surface area contributed by atoms with E-state index in [1.165, 1.54) is 24.3 Å². The number of ether oxygens (including phenoxy) is 1. The van der Waals surface area contributed by atoms with E-state index in [9.17, 15) is 18.0 Å². The van der Waals surface area contributed by atoms with Crippen LogP contribution in [0.2, 0.25) is 0 Å². The molecule has 2 aromatic rings. The first kappa shape index (κ1) is 22.1. The fourth-order valence-corrected chi connectivity index (χ4v) is 3.86. The number of anilines is 1. The van der Waals surface area contributed by atoms with E-state index in [1.807, 2.05) is 13.0 Å². The standard InChI is InChI=1S/C19H21BrN2O5S/c1-3-13(2)22-28(25,26)15-10-8-14(9-11-15)19(24)27-12-18(23)21-17-7-5-4-6-16(17)20/h4-11,13,22H,3,12H2,1-2H3,(H,21,23). The monoisotopic (exact) mass is 468 g/mol. The van der Waals surface area contributed by atoms with Crippen molar-refractivity contribution < 1.29 is 22.7 Å². The first-order valence-corrected chi connectivity index (χ1v) is 10.8. The molecule has 2 N–H and O–H groups in total. The molecule has 9 heteroatoms. The molecule has 28 heavy (non-hydrogen) atoms. The molecular weight excluding hydrogens is 448 g/mol. The van der Waals surface area contributed by atoms with Crippen LogP contribution in [0.15, 0.2) is 57.9 Å². The molecule has 0 spiro atoms. The molecule has 1 atom stereocenters. The Hall–Kier alpha value is -2.23. The molecule has 0 bridgehead atoms. The third-order valence-corrected chi connectivity index (χ3v) is 6.15. The minimum atomic E-state index is -3.65. The topological polar surface area (TPSA) is 102 Å². The summed E-state index contributed by atoms with van der Waals surface area (Å²) in [5.74, 6) is -1.21. The van der Waals surface area contributed by atoms with Gasteiger partial charge in [0.15, 0.2) is 6.61 Å². The van der Waals surface area contributed by atoms with E-state index in [4.69, 9.17) is 4.74 Å². The number of carbonyl (C=O) groups is 2. The third kappa shape index (κ3) is 6.15. The maximum atomic E-state index is 12.2. The summed E-state index contributed by atoms with van der Waals surface area (Å²) >= 11 is 3.31. The average molecular weight is 469 g/mol. The Morgan fingerprint density at radius 2 is 1.75 bits per heavy atom. The summed E-state index contributed by atoms with van der Waals surface area (Å²) in [6, 6.07) is 12.2. The van der Waals surface area contributed by atoms with Crippen LogP contribution in [0.3, 0.4) is 0 Å². The number of para-hydroxylation sites is 1. The van der Waals surface area contributed by atoms with E-state index in [-0.39, 0.29) is 16.5 Å². The van der Waals surface area contributed by atoms with Crippen LogP contribution < -0.4 is 10.0 Å². The summed E-state index contributed by atoms with van der Waals surface area (Å²) in [7, 11) is -3.65. The van der Waals surface area contributed by atoms with Crippen LogP contribution in [0, 0.1) is 0 Å². The quantitative estimate of drug-likeness (QED) is 0.578. The van der Waals surface area contributed by atoms with Gasteiger partial charge in [-0.05, 0) is 65.7 Å². The van der Waals surface area contributed by atoms with Crippen LogP contribution >= 0.6 is 15.9 Å². The van der Waals surface area contributed by atoms with Crippen LogP contribution in [0.1, 0.15) is 30.6 Å². The molecule has 150 valence electrons. The largest absolute Gasteiger partial charge is 0.452 e. The van der Waals surface area contributed by atoms with E-state index < -0.39 is 28.5 Å². The van der Waals surface area contributed by atoms with Crippen LogP contribution in [-0.4, -0.2) is 32.9 Å². The number of sulfonamides is 1. The van der Waals surface area contributed by atoms with Crippen molar-refractivity contribution in [3.63, 3.8) is 0 Å². The average Bonchev–Trinajstić information content (AvgIpc) is 2.67. The highest BCUT2D eigenvalue weighted by Crippen LogP contribution is 2.21. The van der Waals surface area contributed by atoms with E-state index in [0.29, 0.717) is 16.6 Å². The molecule has 2 rings (SSSR count). The molecule has 0 aliphatic heterocycles. The molecule has 0 aromatic heterocycles. The number of halogens is 1. The van der Waals surface area contributed by atoms with Gasteiger partial charge < -0.3 is 10.1 Å². The summed E-state index contributed by atoms with van der Waals surface area (Å²) in [4.78, 5) is 24.0. The summed E-state index contributed by atoms with van der Waals surface area (Å²) in [5, 5.41) is 2.62. The lowest BCUT2D eigenvalue weighted by molar-refractivity contribution is -0.119. The van der Waals surface area contributed by atoms with Crippen molar-refractivity contribution in [2.24, 2.45) is 0 Å². The van der Waals surface area contributed by atoms with Gasteiger partial charge in [0.05, 0.1) is 16.1 Å². The van der Waals surface area contributed by atoms with Crippen molar-refractivity contribution in [1.82, 2.24) is 4.72 Å². The van der Waals surface area contributed by atoms with Gasteiger partial charge in [0.25, 0.3) is 5.91 Å². The second-order valence-electron chi connectivity index (χ2n) is 6.06. The fraction of sp³-hybridized carbons (Fsp3) is 0.263. The predicted octanol–water partition coefficient (Wildman–Crippen LogP) is 3.32. The van der Waals surface area contributed by atoms with Gasteiger partial charge >= 0.3 is 5.97 Å². The van der Waals surface area contributed by atoms with Gasteiger partial charge in [-0.3, -0.25) is 4.79 Å². The Morgan fingerprint density at radius 3 is 2.36 bits per heavy atom. The van der Waals surface area contributed by atoms with Gasteiger partial charge in [-0.15, -0.1) is 0 Å². The zero-order valence-electron chi connectivity index (χ0n) is 15.4. The van der Waals surface area contributed by atoms with Crippen LogP contribution in [0.25, 0.3) is 0 Å². The normalized spacial score (nSPS) is 12.2. The number of amides is 1. The molecule has 0 saturated carbocycles. The van der Waals surface area contributed by atoms with Crippen molar-refractivity contribution in [1.29, 1.82) is 0 Å². The minimum absolute atomic E-state index is 0.0519. The van der Waals surface area contributed by atoms with E-state index in [2.05, 4.69) is 26.0 Å². The van der Waals surface area contributed by atoms with Gasteiger partial charge in [-0.2, -0.15) is 0 Å². The molecule has 0 fully saturated rings. The number of hydrogen-bond donors (Lipinski definition) is 2. The number of nitrogens with one attached hydrogen (secondary N) is 2. The highest BCUT2D eigenvalue weighted by atomic mass is 79.9. The molecule has 0 radical (unpaired) electrons. The first-order valence-electron chi connectivity index (χ1n) is 8.57.